The van der Waals surface area contributed by atoms with Gasteiger partial charge in [-0.25, -0.2) is 8.78 Å². The Bertz CT molecular complexity index is 895. The SMILES string of the molecule is Cl.Fc1ccc(F)c(CN2CCC(c3cc4ncccc4cn3)CC2)c1. The fourth-order valence-electron chi connectivity index (χ4n) is 3.50. The van der Waals surface area contributed by atoms with Crippen LogP contribution in [0.15, 0.2) is 48.8 Å². The Hall–Kier alpha value is -2.11. The van der Waals surface area contributed by atoms with E-state index in [0.29, 0.717) is 18.0 Å². The van der Waals surface area contributed by atoms with Gasteiger partial charge in [-0.05, 0) is 62.3 Å². The van der Waals surface area contributed by atoms with Crippen LogP contribution in [0.1, 0.15) is 30.0 Å². The molecule has 1 saturated heterocycles. The molecule has 1 fully saturated rings. The molecule has 0 amide bonds. The molecule has 0 saturated carbocycles. The van der Waals surface area contributed by atoms with Crippen LogP contribution in [-0.2, 0) is 6.54 Å². The number of nitrogens with zero attached hydrogens (tertiary/aromatic N) is 3. The Kier molecular flexibility index (Phi) is 5.79. The van der Waals surface area contributed by atoms with Crippen molar-refractivity contribution in [2.45, 2.75) is 25.3 Å². The predicted molar refractivity (Wildman–Crippen MR) is 100 cm³/mol. The Morgan fingerprint density at radius 1 is 1.04 bits per heavy atom. The Morgan fingerprint density at radius 2 is 1.85 bits per heavy atom. The molecule has 1 aliphatic heterocycles. The van der Waals surface area contributed by atoms with Crippen molar-refractivity contribution in [3.63, 3.8) is 0 Å². The van der Waals surface area contributed by atoms with Crippen LogP contribution < -0.4 is 0 Å². The van der Waals surface area contributed by atoms with Gasteiger partial charge in [0.1, 0.15) is 11.6 Å². The van der Waals surface area contributed by atoms with Crippen molar-refractivity contribution in [3.05, 3.63) is 71.7 Å². The van der Waals surface area contributed by atoms with Gasteiger partial charge < -0.3 is 0 Å². The number of rotatable bonds is 3. The molecule has 136 valence electrons. The van der Waals surface area contributed by atoms with Crippen LogP contribution >= 0.6 is 12.4 Å². The van der Waals surface area contributed by atoms with Gasteiger partial charge in [0.25, 0.3) is 0 Å². The summed E-state index contributed by atoms with van der Waals surface area (Å²) in [5, 5.41) is 1.05. The fourth-order valence-corrected chi connectivity index (χ4v) is 3.50. The van der Waals surface area contributed by atoms with Crippen LogP contribution in [0.5, 0.6) is 0 Å². The molecule has 0 bridgehead atoms. The topological polar surface area (TPSA) is 29.0 Å². The lowest BCUT2D eigenvalue weighted by Crippen LogP contribution is -2.33. The van der Waals surface area contributed by atoms with Crippen molar-refractivity contribution in [2.24, 2.45) is 0 Å². The first kappa shape index (κ1) is 18.7. The van der Waals surface area contributed by atoms with Crippen LogP contribution in [0.4, 0.5) is 8.78 Å². The largest absolute Gasteiger partial charge is 0.299 e. The van der Waals surface area contributed by atoms with E-state index in [9.17, 15) is 8.78 Å². The molecular weight excluding hydrogens is 356 g/mol. The quantitative estimate of drug-likeness (QED) is 0.664. The minimum atomic E-state index is -0.390. The van der Waals surface area contributed by atoms with Crippen molar-refractivity contribution in [1.29, 1.82) is 0 Å². The molecule has 3 heterocycles. The standard InChI is InChI=1S/C20H19F2N3.ClH/c21-17-3-4-18(22)16(10-17)13-25-8-5-14(6-9-25)19-11-20-15(12-24-19)2-1-7-23-20;/h1-4,7,10-12,14H,5-6,8-9,13H2;1H. The number of fused-ring (bicyclic) bond motifs is 1. The van der Waals surface area contributed by atoms with Crippen LogP contribution in [0.3, 0.4) is 0 Å². The number of benzene rings is 1. The lowest BCUT2D eigenvalue weighted by atomic mass is 9.92. The van der Waals surface area contributed by atoms with Gasteiger partial charge in [0, 0.05) is 41.5 Å². The Balaban J connectivity index is 0.00000196. The maximum absolute atomic E-state index is 13.8. The number of likely N-dealkylation sites (tertiary alicyclic amines) is 1. The third-order valence-corrected chi connectivity index (χ3v) is 4.92. The van der Waals surface area contributed by atoms with E-state index in [1.807, 2.05) is 18.3 Å². The summed E-state index contributed by atoms with van der Waals surface area (Å²) in [4.78, 5) is 11.2. The smallest absolute Gasteiger partial charge is 0.127 e. The second-order valence-electron chi connectivity index (χ2n) is 6.59. The summed E-state index contributed by atoms with van der Waals surface area (Å²) in [6.45, 7) is 2.15. The maximum Gasteiger partial charge on any atom is 0.127 e. The number of piperidine rings is 1. The average Bonchev–Trinajstić information content (AvgIpc) is 2.65. The van der Waals surface area contributed by atoms with Crippen molar-refractivity contribution in [1.82, 2.24) is 14.9 Å². The van der Waals surface area contributed by atoms with Crippen molar-refractivity contribution in [2.75, 3.05) is 13.1 Å². The lowest BCUT2D eigenvalue weighted by molar-refractivity contribution is 0.201. The number of aromatic nitrogens is 2. The van der Waals surface area contributed by atoms with E-state index in [1.165, 1.54) is 12.1 Å². The monoisotopic (exact) mass is 375 g/mol. The summed E-state index contributed by atoms with van der Waals surface area (Å²) in [5.74, 6) is -0.343. The Morgan fingerprint density at radius 3 is 2.65 bits per heavy atom. The normalized spacial score (nSPS) is 15.8. The third-order valence-electron chi connectivity index (χ3n) is 4.92. The highest BCUT2D eigenvalue weighted by Crippen LogP contribution is 2.29. The second-order valence-corrected chi connectivity index (χ2v) is 6.59. The van der Waals surface area contributed by atoms with Gasteiger partial charge in [-0.15, -0.1) is 12.4 Å². The van der Waals surface area contributed by atoms with Gasteiger partial charge in [0.2, 0.25) is 0 Å². The second kappa shape index (κ2) is 8.06. The predicted octanol–water partition coefficient (Wildman–Crippen LogP) is 4.71. The van der Waals surface area contributed by atoms with Crippen LogP contribution in [-0.4, -0.2) is 28.0 Å². The lowest BCUT2D eigenvalue weighted by Gasteiger charge is -2.31. The number of halogens is 3. The molecule has 0 N–H and O–H groups in total. The third kappa shape index (κ3) is 4.00. The van der Waals surface area contributed by atoms with E-state index in [4.69, 9.17) is 0 Å². The first-order valence-electron chi connectivity index (χ1n) is 8.56. The highest BCUT2D eigenvalue weighted by atomic mass is 35.5. The molecule has 1 aromatic carbocycles. The van der Waals surface area contributed by atoms with E-state index in [1.54, 1.807) is 6.20 Å². The van der Waals surface area contributed by atoms with Crippen LogP contribution in [0.25, 0.3) is 10.9 Å². The summed E-state index contributed by atoms with van der Waals surface area (Å²) in [6.07, 6.45) is 5.60. The van der Waals surface area contributed by atoms with Gasteiger partial charge >= 0.3 is 0 Å². The minimum absolute atomic E-state index is 0. The summed E-state index contributed by atoms with van der Waals surface area (Å²) >= 11 is 0. The molecule has 2 aromatic heterocycles. The fraction of sp³-hybridized carbons (Fsp3) is 0.300. The summed E-state index contributed by atoms with van der Waals surface area (Å²) in [7, 11) is 0. The summed E-state index contributed by atoms with van der Waals surface area (Å²) in [5.41, 5.74) is 2.46. The highest BCUT2D eigenvalue weighted by molar-refractivity contribution is 5.85. The van der Waals surface area contributed by atoms with Crippen molar-refractivity contribution < 1.29 is 8.78 Å². The number of hydrogen-bond acceptors (Lipinski definition) is 3. The van der Waals surface area contributed by atoms with E-state index < -0.39 is 0 Å². The summed E-state index contributed by atoms with van der Waals surface area (Å²) in [6, 6.07) is 9.64. The van der Waals surface area contributed by atoms with E-state index in [2.05, 4.69) is 20.9 Å². The highest BCUT2D eigenvalue weighted by Gasteiger charge is 2.22. The molecule has 0 aliphatic carbocycles. The van der Waals surface area contributed by atoms with E-state index >= 15 is 0 Å². The minimum Gasteiger partial charge on any atom is -0.299 e. The Labute approximate surface area is 157 Å². The molecule has 0 radical (unpaired) electrons. The zero-order valence-electron chi connectivity index (χ0n) is 14.2. The molecule has 26 heavy (non-hydrogen) atoms. The van der Waals surface area contributed by atoms with Gasteiger partial charge in [-0.2, -0.15) is 0 Å². The molecule has 4 rings (SSSR count). The molecule has 0 unspecified atom stereocenters. The van der Waals surface area contributed by atoms with Crippen LogP contribution in [0, 0.1) is 11.6 Å². The molecule has 0 atom stereocenters. The first-order valence-corrected chi connectivity index (χ1v) is 8.56. The van der Waals surface area contributed by atoms with Gasteiger partial charge in [0.15, 0.2) is 0 Å². The molecule has 3 aromatic rings. The van der Waals surface area contributed by atoms with Gasteiger partial charge in [0.05, 0.1) is 5.52 Å². The van der Waals surface area contributed by atoms with E-state index in [-0.39, 0.29) is 24.0 Å². The molecule has 6 heteroatoms. The first-order chi connectivity index (χ1) is 12.2. The zero-order chi connectivity index (χ0) is 17.2. The average molecular weight is 376 g/mol. The van der Waals surface area contributed by atoms with E-state index in [0.717, 1.165) is 48.6 Å². The van der Waals surface area contributed by atoms with Gasteiger partial charge in [-0.1, -0.05) is 0 Å². The van der Waals surface area contributed by atoms with Crippen LogP contribution in [0.2, 0.25) is 0 Å². The molecule has 1 aliphatic rings. The van der Waals surface area contributed by atoms with Crippen molar-refractivity contribution in [3.8, 4) is 0 Å². The molecule has 0 spiro atoms. The van der Waals surface area contributed by atoms with Crippen molar-refractivity contribution >= 4 is 23.3 Å². The number of hydrogen-bond donors (Lipinski definition) is 0. The molecular formula is C20H20ClF2N3. The zero-order valence-corrected chi connectivity index (χ0v) is 15.1. The number of pyridine rings is 2. The maximum atomic E-state index is 13.8. The molecule has 3 nitrogen and oxygen atoms in total. The van der Waals surface area contributed by atoms with Gasteiger partial charge in [-0.3, -0.25) is 14.9 Å². The summed E-state index contributed by atoms with van der Waals surface area (Å²) < 4.78 is 27.1.